The molecule has 0 aliphatic carbocycles. The maximum absolute atomic E-state index is 12.6. The van der Waals surface area contributed by atoms with Crippen LogP contribution in [0.25, 0.3) is 0 Å². The second-order valence-corrected chi connectivity index (χ2v) is 11.5. The lowest BCUT2D eigenvalue weighted by Gasteiger charge is -2.28. The van der Waals surface area contributed by atoms with E-state index >= 15 is 0 Å². The number of ether oxygens (including phenoxy) is 6. The Hall–Kier alpha value is -3.54. The third-order valence-corrected chi connectivity index (χ3v) is 6.85. The number of carbonyl (C=O) groups excluding carboxylic acids is 3. The van der Waals surface area contributed by atoms with E-state index in [2.05, 4.69) is 0 Å². The van der Waals surface area contributed by atoms with Crippen LogP contribution in [0.2, 0.25) is 0 Å². The van der Waals surface area contributed by atoms with Crippen molar-refractivity contribution >= 4 is 24.4 Å². The Labute approximate surface area is 248 Å². The van der Waals surface area contributed by atoms with Crippen molar-refractivity contribution < 1.29 is 52.7 Å². The molecular weight excluding hydrogens is 550 g/mol. The molecule has 238 valence electrons. The number of nitrogens with two attached hydrogens (primary N) is 1. The molecule has 0 heterocycles. The molecule has 3 N–H and O–H groups in total. The lowest BCUT2D eigenvalue weighted by atomic mass is 9.82. The van der Waals surface area contributed by atoms with Crippen LogP contribution in [-0.4, -0.2) is 61.0 Å². The highest BCUT2D eigenvalue weighted by atomic mass is 16.8. The van der Waals surface area contributed by atoms with Gasteiger partial charge in [-0.15, -0.1) is 0 Å². The predicted molar refractivity (Wildman–Crippen MR) is 154 cm³/mol. The number of carbonyl (C=O) groups is 4. The minimum absolute atomic E-state index is 0.00274. The summed E-state index contributed by atoms with van der Waals surface area (Å²) in [5, 5.41) is 9.73. The third kappa shape index (κ3) is 12.5. The first-order valence-electron chi connectivity index (χ1n) is 14.2. The summed E-state index contributed by atoms with van der Waals surface area (Å²) in [6.45, 7) is 16.5. The zero-order valence-corrected chi connectivity index (χ0v) is 26.1. The van der Waals surface area contributed by atoms with Crippen LogP contribution < -0.4 is 15.2 Å². The van der Waals surface area contributed by atoms with Gasteiger partial charge in [0.1, 0.15) is 18.2 Å². The Bertz CT molecular complexity index is 1040. The largest absolute Gasteiger partial charge is 0.514 e. The molecule has 1 aromatic rings. The van der Waals surface area contributed by atoms with Crippen molar-refractivity contribution in [3.05, 3.63) is 23.8 Å². The summed E-state index contributed by atoms with van der Waals surface area (Å²) in [5.74, 6) is -2.84. The van der Waals surface area contributed by atoms with Gasteiger partial charge in [-0.1, -0.05) is 54.5 Å². The highest BCUT2D eigenvalue weighted by Crippen LogP contribution is 2.36. The van der Waals surface area contributed by atoms with E-state index in [-0.39, 0.29) is 36.5 Å². The second kappa shape index (κ2) is 17.4. The highest BCUT2D eigenvalue weighted by Gasteiger charge is 2.33. The van der Waals surface area contributed by atoms with Crippen LogP contribution in [0.5, 0.6) is 11.5 Å². The average molecular weight is 598 g/mol. The molecule has 0 radical (unpaired) electrons. The fraction of sp³-hybridized carbons (Fsp3) is 0.667. The summed E-state index contributed by atoms with van der Waals surface area (Å²) in [5.41, 5.74) is 6.38. The Morgan fingerprint density at radius 3 is 1.76 bits per heavy atom. The van der Waals surface area contributed by atoms with Gasteiger partial charge < -0.3 is 39.3 Å². The van der Waals surface area contributed by atoms with E-state index in [1.165, 1.54) is 18.2 Å². The summed E-state index contributed by atoms with van der Waals surface area (Å²) < 4.78 is 31.6. The maximum atomic E-state index is 12.6. The van der Waals surface area contributed by atoms with Crippen molar-refractivity contribution in [1.82, 2.24) is 0 Å². The molecule has 4 unspecified atom stereocenters. The molecule has 0 aliphatic rings. The molecule has 12 nitrogen and oxygen atoms in total. The van der Waals surface area contributed by atoms with Crippen molar-refractivity contribution in [2.24, 2.45) is 29.4 Å². The molecular formula is C30H47NO11. The van der Waals surface area contributed by atoms with Gasteiger partial charge >= 0.3 is 24.4 Å². The van der Waals surface area contributed by atoms with Crippen LogP contribution in [0.1, 0.15) is 80.2 Å². The number of benzene rings is 1. The number of hydrogen-bond acceptors (Lipinski definition) is 11. The van der Waals surface area contributed by atoms with Gasteiger partial charge in [0.15, 0.2) is 11.5 Å². The van der Waals surface area contributed by atoms with E-state index in [1.54, 1.807) is 20.8 Å². The van der Waals surface area contributed by atoms with Crippen molar-refractivity contribution in [3.8, 4) is 11.5 Å². The molecule has 0 bridgehead atoms. The van der Waals surface area contributed by atoms with E-state index in [1.807, 2.05) is 41.5 Å². The van der Waals surface area contributed by atoms with Crippen molar-refractivity contribution in [2.45, 2.75) is 92.9 Å². The summed E-state index contributed by atoms with van der Waals surface area (Å²) in [6.07, 6.45) is -3.22. The van der Waals surface area contributed by atoms with Crippen LogP contribution in [0.3, 0.4) is 0 Å². The molecule has 1 aromatic carbocycles. The Morgan fingerprint density at radius 2 is 1.29 bits per heavy atom. The monoisotopic (exact) mass is 597 g/mol. The first-order valence-corrected chi connectivity index (χ1v) is 14.2. The van der Waals surface area contributed by atoms with Crippen LogP contribution in [-0.2, 0) is 23.7 Å². The Morgan fingerprint density at radius 1 is 0.762 bits per heavy atom. The molecule has 0 fully saturated rings. The van der Waals surface area contributed by atoms with Gasteiger partial charge in [0, 0.05) is 5.92 Å². The zero-order valence-electron chi connectivity index (χ0n) is 26.1. The van der Waals surface area contributed by atoms with Crippen LogP contribution in [0.4, 0.5) is 14.4 Å². The van der Waals surface area contributed by atoms with Gasteiger partial charge in [-0.2, -0.15) is 0 Å². The quantitative estimate of drug-likeness (QED) is 0.135. The lowest BCUT2D eigenvalue weighted by Crippen LogP contribution is -2.40. The second-order valence-electron chi connectivity index (χ2n) is 11.5. The van der Waals surface area contributed by atoms with Crippen molar-refractivity contribution in [1.29, 1.82) is 0 Å². The van der Waals surface area contributed by atoms with Gasteiger partial charge in [0.25, 0.3) is 0 Å². The van der Waals surface area contributed by atoms with E-state index in [9.17, 15) is 24.3 Å². The average Bonchev–Trinajstić information content (AvgIpc) is 2.88. The molecule has 0 saturated heterocycles. The first-order chi connectivity index (χ1) is 19.5. The van der Waals surface area contributed by atoms with Crippen LogP contribution >= 0.6 is 0 Å². The molecule has 5 atom stereocenters. The van der Waals surface area contributed by atoms with Crippen LogP contribution in [0.15, 0.2) is 18.2 Å². The molecule has 0 saturated carbocycles. The molecule has 0 aliphatic heterocycles. The highest BCUT2D eigenvalue weighted by molar-refractivity contribution is 5.75. The van der Waals surface area contributed by atoms with E-state index in [0.29, 0.717) is 17.9 Å². The minimum atomic E-state index is -1.43. The number of hydrogen-bond donors (Lipinski definition) is 2. The molecule has 12 heteroatoms. The third-order valence-electron chi connectivity index (χ3n) is 6.85. The number of carboxylic acid groups (broad SMARTS) is 1. The lowest BCUT2D eigenvalue weighted by molar-refractivity contribution is -0.139. The molecule has 0 aromatic heterocycles. The Balaban J connectivity index is 3.32. The number of carboxylic acids is 1. The maximum Gasteiger partial charge on any atom is 0.514 e. The summed E-state index contributed by atoms with van der Waals surface area (Å²) >= 11 is 0. The summed E-state index contributed by atoms with van der Waals surface area (Å²) in [4.78, 5) is 49.0. The van der Waals surface area contributed by atoms with Gasteiger partial charge in [0.2, 0.25) is 0 Å². The van der Waals surface area contributed by atoms with E-state index in [0.717, 1.165) is 0 Å². The summed E-state index contributed by atoms with van der Waals surface area (Å²) in [6, 6.07) is 2.72. The molecule has 1 rings (SSSR count). The molecule has 0 amide bonds. The fourth-order valence-electron chi connectivity index (χ4n) is 3.47. The fourth-order valence-corrected chi connectivity index (χ4v) is 3.47. The smallest absolute Gasteiger partial charge is 0.480 e. The van der Waals surface area contributed by atoms with E-state index in [4.69, 9.17) is 34.2 Å². The van der Waals surface area contributed by atoms with Gasteiger partial charge in [-0.25, -0.2) is 14.4 Å². The zero-order chi connectivity index (χ0) is 32.1. The number of rotatable bonds is 15. The van der Waals surface area contributed by atoms with Gasteiger partial charge in [0.05, 0.1) is 13.2 Å². The van der Waals surface area contributed by atoms with Crippen LogP contribution in [0, 0.1) is 23.7 Å². The SMILES string of the molecule is CC(C)CCOC(=O)OCC(C)C(c1ccc(OC(=O)OC(C)C(C)C)c(OC(=O)OC(C)C(C)C)c1)[C@H](N)C(=O)O. The van der Waals surface area contributed by atoms with Crippen molar-refractivity contribution in [2.75, 3.05) is 13.2 Å². The predicted octanol–water partition coefficient (Wildman–Crippen LogP) is 6.14. The molecule has 42 heavy (non-hydrogen) atoms. The Kier molecular flexibility index (Phi) is 15.1. The minimum Gasteiger partial charge on any atom is -0.480 e. The summed E-state index contributed by atoms with van der Waals surface area (Å²) in [7, 11) is 0. The standard InChI is InChI=1S/C30H47NO11/c1-16(2)12-13-37-28(34)38-15-19(7)25(26(31)27(32)33)22-10-11-23(41-29(35)39-20(8)17(3)4)24(14-22)42-30(36)40-21(9)18(5)6/h10-11,14,16-21,25-26H,12-13,15,31H2,1-9H3,(H,32,33)/t19?,20?,21?,25?,26-/m0/s1. The molecule has 0 spiro atoms. The first kappa shape index (κ1) is 36.5. The van der Waals surface area contributed by atoms with Crippen molar-refractivity contribution in [3.63, 3.8) is 0 Å². The van der Waals surface area contributed by atoms with E-state index < -0.39 is 54.5 Å². The topological polar surface area (TPSA) is 170 Å². The number of aliphatic carboxylic acids is 1. The van der Waals surface area contributed by atoms with Gasteiger partial charge in [-0.3, -0.25) is 4.79 Å². The normalized spacial score (nSPS) is 14.9. The van der Waals surface area contributed by atoms with Gasteiger partial charge in [-0.05, 0) is 61.6 Å².